The van der Waals surface area contributed by atoms with Crippen molar-refractivity contribution in [3.8, 4) is 5.75 Å². The second-order valence-corrected chi connectivity index (χ2v) is 6.11. The summed E-state index contributed by atoms with van der Waals surface area (Å²) in [6.45, 7) is 1.01. The molecule has 0 aromatic heterocycles. The van der Waals surface area contributed by atoms with Gasteiger partial charge in [0.1, 0.15) is 18.2 Å². The van der Waals surface area contributed by atoms with E-state index in [1.807, 2.05) is 54.6 Å². The molecule has 1 unspecified atom stereocenters. The summed E-state index contributed by atoms with van der Waals surface area (Å²) in [7, 11) is 0. The van der Waals surface area contributed by atoms with E-state index in [0.29, 0.717) is 13.2 Å². The van der Waals surface area contributed by atoms with E-state index in [4.69, 9.17) is 10.5 Å². The van der Waals surface area contributed by atoms with Gasteiger partial charge in [-0.3, -0.25) is 0 Å². The van der Waals surface area contributed by atoms with E-state index in [1.54, 1.807) is 12.1 Å². The number of hydrogen-bond acceptors (Lipinski definition) is 2. The van der Waals surface area contributed by atoms with E-state index < -0.39 is 0 Å². The molecule has 0 amide bonds. The summed E-state index contributed by atoms with van der Waals surface area (Å²) in [6.07, 6.45) is 0.752. The summed E-state index contributed by atoms with van der Waals surface area (Å²) < 4.78 is 19.3. The molecule has 2 N–H and O–H groups in total. The van der Waals surface area contributed by atoms with E-state index in [-0.39, 0.29) is 11.7 Å². The molecular weight excluding hydrogens is 313 g/mol. The minimum atomic E-state index is -0.226. The molecule has 0 aliphatic rings. The second-order valence-electron chi connectivity index (χ2n) is 6.11. The highest BCUT2D eigenvalue weighted by molar-refractivity contribution is 5.31. The fourth-order valence-corrected chi connectivity index (χ4v) is 2.89. The molecule has 0 aliphatic heterocycles. The highest BCUT2D eigenvalue weighted by Crippen LogP contribution is 2.23. The van der Waals surface area contributed by atoms with Crippen LogP contribution in [0.1, 0.15) is 22.6 Å². The second kappa shape index (κ2) is 8.45. The molecule has 0 fully saturated rings. The van der Waals surface area contributed by atoms with Crippen molar-refractivity contribution in [2.45, 2.75) is 18.9 Å². The molecule has 0 aliphatic carbocycles. The Labute approximate surface area is 148 Å². The van der Waals surface area contributed by atoms with Crippen molar-refractivity contribution in [2.75, 3.05) is 6.54 Å². The van der Waals surface area contributed by atoms with Crippen LogP contribution in [0, 0.1) is 5.82 Å². The smallest absolute Gasteiger partial charge is 0.123 e. The van der Waals surface area contributed by atoms with Crippen LogP contribution >= 0.6 is 0 Å². The summed E-state index contributed by atoms with van der Waals surface area (Å²) in [5.74, 6) is 0.687. The number of nitrogens with two attached hydrogens (primary N) is 1. The first-order valence-electron chi connectivity index (χ1n) is 8.46. The van der Waals surface area contributed by atoms with Gasteiger partial charge in [0.15, 0.2) is 0 Å². The topological polar surface area (TPSA) is 35.2 Å². The predicted octanol–water partition coefficient (Wildman–Crippen LogP) is 4.69. The molecule has 3 aromatic rings. The van der Waals surface area contributed by atoms with Crippen LogP contribution < -0.4 is 10.5 Å². The van der Waals surface area contributed by atoms with Crippen LogP contribution in [-0.4, -0.2) is 6.54 Å². The van der Waals surface area contributed by atoms with Crippen LogP contribution in [0.3, 0.4) is 0 Å². The molecule has 3 rings (SSSR count). The van der Waals surface area contributed by atoms with Gasteiger partial charge in [0, 0.05) is 5.92 Å². The maximum Gasteiger partial charge on any atom is 0.123 e. The van der Waals surface area contributed by atoms with Crippen LogP contribution in [0.2, 0.25) is 0 Å². The zero-order valence-electron chi connectivity index (χ0n) is 14.1. The Hall–Kier alpha value is -2.65. The maximum absolute atomic E-state index is 13.5. The molecule has 0 bridgehead atoms. The number of rotatable bonds is 7. The van der Waals surface area contributed by atoms with Crippen molar-refractivity contribution in [3.63, 3.8) is 0 Å². The minimum absolute atomic E-state index is 0.0834. The average molecular weight is 335 g/mol. The van der Waals surface area contributed by atoms with Crippen LogP contribution in [0.5, 0.6) is 5.75 Å². The minimum Gasteiger partial charge on any atom is -0.489 e. The molecule has 1 atom stereocenters. The first kappa shape index (κ1) is 17.2. The van der Waals surface area contributed by atoms with E-state index in [2.05, 4.69) is 6.07 Å². The molecule has 2 nitrogen and oxygen atoms in total. The van der Waals surface area contributed by atoms with E-state index in [9.17, 15) is 4.39 Å². The summed E-state index contributed by atoms with van der Waals surface area (Å²) in [5, 5.41) is 0. The van der Waals surface area contributed by atoms with Crippen LogP contribution in [-0.2, 0) is 13.0 Å². The van der Waals surface area contributed by atoms with Crippen molar-refractivity contribution in [1.82, 2.24) is 0 Å². The van der Waals surface area contributed by atoms with Crippen molar-refractivity contribution < 1.29 is 9.13 Å². The largest absolute Gasteiger partial charge is 0.489 e. The lowest BCUT2D eigenvalue weighted by atomic mass is 9.92. The highest BCUT2D eigenvalue weighted by Gasteiger charge is 2.12. The summed E-state index contributed by atoms with van der Waals surface area (Å²) in [6, 6.07) is 24.8. The standard InChI is InChI=1S/C22H22FNO/c23-21-10-5-9-19(14-21)20(15-24)12-18-8-4-11-22(13-18)25-16-17-6-2-1-3-7-17/h1-11,13-14,20H,12,15-16,24H2. The lowest BCUT2D eigenvalue weighted by molar-refractivity contribution is 0.306. The average Bonchev–Trinajstić information content (AvgIpc) is 2.65. The Balaban J connectivity index is 1.68. The van der Waals surface area contributed by atoms with E-state index >= 15 is 0 Å². The first-order valence-corrected chi connectivity index (χ1v) is 8.46. The first-order chi connectivity index (χ1) is 12.2. The van der Waals surface area contributed by atoms with Gasteiger partial charge in [0.2, 0.25) is 0 Å². The van der Waals surface area contributed by atoms with Gasteiger partial charge in [-0.15, -0.1) is 0 Å². The fourth-order valence-electron chi connectivity index (χ4n) is 2.89. The van der Waals surface area contributed by atoms with Gasteiger partial charge >= 0.3 is 0 Å². The maximum atomic E-state index is 13.5. The van der Waals surface area contributed by atoms with Gasteiger partial charge in [-0.05, 0) is 53.9 Å². The molecule has 0 radical (unpaired) electrons. The molecule has 25 heavy (non-hydrogen) atoms. The third-order valence-electron chi connectivity index (χ3n) is 4.23. The van der Waals surface area contributed by atoms with Crippen LogP contribution in [0.15, 0.2) is 78.9 Å². The summed E-state index contributed by atoms with van der Waals surface area (Å²) >= 11 is 0. The Morgan fingerprint density at radius 1 is 0.840 bits per heavy atom. The zero-order chi connectivity index (χ0) is 17.5. The van der Waals surface area contributed by atoms with Gasteiger partial charge < -0.3 is 10.5 Å². The van der Waals surface area contributed by atoms with Gasteiger partial charge in [-0.25, -0.2) is 4.39 Å². The Morgan fingerprint density at radius 2 is 1.60 bits per heavy atom. The van der Waals surface area contributed by atoms with Crippen molar-refractivity contribution >= 4 is 0 Å². The van der Waals surface area contributed by atoms with Crippen LogP contribution in [0.25, 0.3) is 0 Å². The third-order valence-corrected chi connectivity index (χ3v) is 4.23. The summed E-state index contributed by atoms with van der Waals surface area (Å²) in [5.41, 5.74) is 9.11. The van der Waals surface area contributed by atoms with Crippen molar-refractivity contribution in [3.05, 3.63) is 101 Å². The molecule has 0 saturated carbocycles. The quantitative estimate of drug-likeness (QED) is 0.680. The predicted molar refractivity (Wildman–Crippen MR) is 99.1 cm³/mol. The molecule has 128 valence electrons. The Bertz CT molecular complexity index is 804. The third kappa shape index (κ3) is 4.91. The molecule has 0 saturated heterocycles. The number of hydrogen-bond donors (Lipinski definition) is 1. The van der Waals surface area contributed by atoms with E-state index in [0.717, 1.165) is 28.9 Å². The van der Waals surface area contributed by atoms with E-state index in [1.165, 1.54) is 6.07 Å². The van der Waals surface area contributed by atoms with Gasteiger partial charge in [0.25, 0.3) is 0 Å². The molecule has 3 aromatic carbocycles. The molecule has 0 spiro atoms. The SMILES string of the molecule is NCC(Cc1cccc(OCc2ccccc2)c1)c1cccc(F)c1. The van der Waals surface area contributed by atoms with Crippen molar-refractivity contribution in [2.24, 2.45) is 5.73 Å². The number of halogens is 1. The molecule has 0 heterocycles. The monoisotopic (exact) mass is 335 g/mol. The highest BCUT2D eigenvalue weighted by atomic mass is 19.1. The normalized spacial score (nSPS) is 11.9. The lowest BCUT2D eigenvalue weighted by Crippen LogP contribution is -2.15. The Morgan fingerprint density at radius 3 is 2.36 bits per heavy atom. The lowest BCUT2D eigenvalue weighted by Gasteiger charge is -2.16. The summed E-state index contributed by atoms with van der Waals surface area (Å²) in [4.78, 5) is 0. The molecule has 3 heteroatoms. The zero-order valence-corrected chi connectivity index (χ0v) is 14.1. The van der Waals surface area contributed by atoms with Crippen molar-refractivity contribution in [1.29, 1.82) is 0 Å². The molecular formula is C22H22FNO. The van der Waals surface area contributed by atoms with Gasteiger partial charge in [-0.2, -0.15) is 0 Å². The van der Waals surface area contributed by atoms with Gasteiger partial charge in [-0.1, -0.05) is 54.6 Å². The van der Waals surface area contributed by atoms with Crippen LogP contribution in [0.4, 0.5) is 4.39 Å². The Kier molecular flexibility index (Phi) is 5.81. The number of ether oxygens (including phenoxy) is 1. The van der Waals surface area contributed by atoms with Gasteiger partial charge in [0.05, 0.1) is 0 Å². The fraction of sp³-hybridized carbons (Fsp3) is 0.182. The number of benzene rings is 3.